The van der Waals surface area contributed by atoms with Gasteiger partial charge in [0.1, 0.15) is 11.7 Å². The number of benzene rings is 2. The molecule has 1 heterocycles. The number of epoxide rings is 1. The SMILES string of the molecule is OC[C@@]1(c2ccccc2)OC1c1ccccc1. The second-order valence-corrected chi connectivity index (χ2v) is 4.32. The molecule has 0 amide bonds. The number of aliphatic hydroxyl groups is 1. The Morgan fingerprint density at radius 1 is 0.941 bits per heavy atom. The van der Waals surface area contributed by atoms with Crippen molar-refractivity contribution in [3.63, 3.8) is 0 Å². The molecule has 3 rings (SSSR count). The van der Waals surface area contributed by atoms with Crippen LogP contribution in [0.4, 0.5) is 0 Å². The molecule has 1 aliphatic heterocycles. The van der Waals surface area contributed by atoms with E-state index in [0.29, 0.717) is 0 Å². The van der Waals surface area contributed by atoms with Crippen LogP contribution in [-0.2, 0) is 10.3 Å². The Bertz CT molecular complexity index is 495. The Morgan fingerprint density at radius 2 is 1.53 bits per heavy atom. The van der Waals surface area contributed by atoms with Gasteiger partial charge in [0, 0.05) is 0 Å². The Balaban J connectivity index is 1.94. The predicted molar refractivity (Wildman–Crippen MR) is 65.5 cm³/mol. The number of ether oxygens (including phenoxy) is 1. The van der Waals surface area contributed by atoms with Crippen LogP contribution >= 0.6 is 0 Å². The molecule has 1 fully saturated rings. The van der Waals surface area contributed by atoms with E-state index in [0.717, 1.165) is 11.1 Å². The monoisotopic (exact) mass is 226 g/mol. The zero-order valence-electron chi connectivity index (χ0n) is 9.41. The minimum absolute atomic E-state index is 0.0105. The molecule has 2 aromatic carbocycles. The first-order chi connectivity index (χ1) is 8.37. The van der Waals surface area contributed by atoms with E-state index in [1.165, 1.54) is 0 Å². The van der Waals surface area contributed by atoms with Crippen molar-refractivity contribution in [3.8, 4) is 0 Å². The third-order valence-electron chi connectivity index (χ3n) is 3.29. The van der Waals surface area contributed by atoms with E-state index >= 15 is 0 Å². The Hall–Kier alpha value is -1.64. The number of aliphatic hydroxyl groups excluding tert-OH is 1. The van der Waals surface area contributed by atoms with Gasteiger partial charge in [0.2, 0.25) is 0 Å². The zero-order chi connectivity index (χ0) is 11.7. The maximum Gasteiger partial charge on any atom is 0.147 e. The third kappa shape index (κ3) is 1.66. The molecule has 2 heteroatoms. The van der Waals surface area contributed by atoms with Crippen LogP contribution in [0.15, 0.2) is 60.7 Å². The fourth-order valence-electron chi connectivity index (χ4n) is 2.29. The van der Waals surface area contributed by atoms with Gasteiger partial charge in [-0.2, -0.15) is 0 Å². The second-order valence-electron chi connectivity index (χ2n) is 4.32. The maximum atomic E-state index is 9.62. The average Bonchev–Trinajstić information content (AvgIpc) is 3.17. The highest BCUT2D eigenvalue weighted by molar-refractivity contribution is 5.35. The topological polar surface area (TPSA) is 32.8 Å². The van der Waals surface area contributed by atoms with Gasteiger partial charge < -0.3 is 9.84 Å². The Labute approximate surface area is 100 Å². The molecule has 0 bridgehead atoms. The first-order valence-electron chi connectivity index (χ1n) is 5.76. The van der Waals surface area contributed by atoms with Gasteiger partial charge in [-0.3, -0.25) is 0 Å². The van der Waals surface area contributed by atoms with Gasteiger partial charge in [0.25, 0.3) is 0 Å². The molecule has 86 valence electrons. The van der Waals surface area contributed by atoms with E-state index in [4.69, 9.17) is 4.74 Å². The molecule has 2 atom stereocenters. The van der Waals surface area contributed by atoms with Gasteiger partial charge in [0.05, 0.1) is 6.61 Å². The molecule has 1 unspecified atom stereocenters. The summed E-state index contributed by atoms with van der Waals surface area (Å²) in [7, 11) is 0. The van der Waals surface area contributed by atoms with Crippen LogP contribution in [0.3, 0.4) is 0 Å². The molecule has 0 saturated carbocycles. The normalized spacial score (nSPS) is 26.8. The summed E-state index contributed by atoms with van der Waals surface area (Å²) in [6, 6.07) is 19.9. The van der Waals surface area contributed by atoms with Crippen LogP contribution in [-0.4, -0.2) is 11.7 Å². The molecule has 1 saturated heterocycles. The molecular weight excluding hydrogens is 212 g/mol. The van der Waals surface area contributed by atoms with Gasteiger partial charge in [-0.25, -0.2) is 0 Å². The highest BCUT2D eigenvalue weighted by atomic mass is 16.6. The average molecular weight is 226 g/mol. The van der Waals surface area contributed by atoms with Crippen molar-refractivity contribution in [1.82, 2.24) is 0 Å². The number of rotatable bonds is 3. The van der Waals surface area contributed by atoms with Gasteiger partial charge in [-0.15, -0.1) is 0 Å². The fourth-order valence-corrected chi connectivity index (χ4v) is 2.29. The van der Waals surface area contributed by atoms with Crippen molar-refractivity contribution in [2.45, 2.75) is 11.7 Å². The smallest absolute Gasteiger partial charge is 0.147 e. The maximum absolute atomic E-state index is 9.62. The van der Waals surface area contributed by atoms with Gasteiger partial charge in [0.15, 0.2) is 0 Å². The minimum Gasteiger partial charge on any atom is -0.393 e. The van der Waals surface area contributed by atoms with Crippen molar-refractivity contribution in [3.05, 3.63) is 71.8 Å². The summed E-state index contributed by atoms with van der Waals surface area (Å²) in [6.45, 7) is 0.0105. The van der Waals surface area contributed by atoms with Crippen LogP contribution in [0.5, 0.6) is 0 Å². The van der Waals surface area contributed by atoms with Crippen molar-refractivity contribution in [2.75, 3.05) is 6.61 Å². The summed E-state index contributed by atoms with van der Waals surface area (Å²) in [5.74, 6) is 0. The van der Waals surface area contributed by atoms with Gasteiger partial charge >= 0.3 is 0 Å². The molecule has 0 radical (unpaired) electrons. The van der Waals surface area contributed by atoms with Crippen LogP contribution in [0.25, 0.3) is 0 Å². The largest absolute Gasteiger partial charge is 0.393 e. The molecule has 0 spiro atoms. The van der Waals surface area contributed by atoms with Crippen molar-refractivity contribution in [2.24, 2.45) is 0 Å². The molecule has 2 nitrogen and oxygen atoms in total. The molecule has 17 heavy (non-hydrogen) atoms. The van der Waals surface area contributed by atoms with Crippen molar-refractivity contribution < 1.29 is 9.84 Å². The quantitative estimate of drug-likeness (QED) is 0.816. The molecule has 1 N–H and O–H groups in total. The summed E-state index contributed by atoms with van der Waals surface area (Å²) in [4.78, 5) is 0. The fraction of sp³-hybridized carbons (Fsp3) is 0.200. The summed E-state index contributed by atoms with van der Waals surface area (Å²) in [5.41, 5.74) is 1.62. The molecule has 2 aromatic rings. The van der Waals surface area contributed by atoms with E-state index in [2.05, 4.69) is 0 Å². The van der Waals surface area contributed by atoms with Gasteiger partial charge in [-0.1, -0.05) is 60.7 Å². The van der Waals surface area contributed by atoms with Crippen molar-refractivity contribution >= 4 is 0 Å². The number of hydrogen-bond donors (Lipinski definition) is 1. The summed E-state index contributed by atoms with van der Waals surface area (Å²) in [5, 5.41) is 9.62. The van der Waals surface area contributed by atoms with E-state index < -0.39 is 5.60 Å². The molecule has 0 aromatic heterocycles. The third-order valence-corrected chi connectivity index (χ3v) is 3.29. The lowest BCUT2D eigenvalue weighted by Gasteiger charge is -2.09. The summed E-state index contributed by atoms with van der Waals surface area (Å²) in [6.07, 6.45) is -0.0314. The van der Waals surface area contributed by atoms with Gasteiger partial charge in [-0.05, 0) is 11.1 Å². The Morgan fingerprint density at radius 3 is 2.12 bits per heavy atom. The second kappa shape index (κ2) is 3.99. The zero-order valence-corrected chi connectivity index (χ0v) is 9.41. The lowest BCUT2D eigenvalue weighted by Crippen LogP contribution is -2.15. The standard InChI is InChI=1S/C15H14O2/c16-11-15(13-9-5-2-6-10-13)14(17-15)12-7-3-1-4-8-12/h1-10,14,16H,11H2/t14?,15-/m0/s1. The first kappa shape index (κ1) is 10.5. The lowest BCUT2D eigenvalue weighted by molar-refractivity contribution is 0.172. The van der Waals surface area contributed by atoms with Crippen LogP contribution < -0.4 is 0 Å². The van der Waals surface area contributed by atoms with Crippen LogP contribution in [0.1, 0.15) is 17.2 Å². The van der Waals surface area contributed by atoms with E-state index in [9.17, 15) is 5.11 Å². The summed E-state index contributed by atoms with van der Waals surface area (Å²) >= 11 is 0. The van der Waals surface area contributed by atoms with Crippen molar-refractivity contribution in [1.29, 1.82) is 0 Å². The highest BCUT2D eigenvalue weighted by Gasteiger charge is 2.58. The lowest BCUT2D eigenvalue weighted by atomic mass is 9.92. The molecular formula is C15H14O2. The minimum atomic E-state index is -0.539. The van der Waals surface area contributed by atoms with E-state index in [1.54, 1.807) is 0 Å². The number of hydrogen-bond acceptors (Lipinski definition) is 2. The molecule has 0 aliphatic carbocycles. The van der Waals surface area contributed by atoms with Crippen LogP contribution in [0, 0.1) is 0 Å². The van der Waals surface area contributed by atoms with E-state index in [-0.39, 0.29) is 12.7 Å². The Kier molecular flexibility index (Phi) is 2.46. The predicted octanol–water partition coefficient (Wildman–Crippen LogP) is 2.65. The summed E-state index contributed by atoms with van der Waals surface area (Å²) < 4.78 is 5.78. The van der Waals surface area contributed by atoms with Crippen LogP contribution in [0.2, 0.25) is 0 Å². The van der Waals surface area contributed by atoms with E-state index in [1.807, 2.05) is 60.7 Å². The molecule has 1 aliphatic rings. The first-order valence-corrected chi connectivity index (χ1v) is 5.76. The highest BCUT2D eigenvalue weighted by Crippen LogP contribution is 2.56.